The maximum atomic E-state index is 12.6. The maximum absolute atomic E-state index is 12.6. The Bertz CT molecular complexity index is 1430. The zero-order chi connectivity index (χ0) is 25.4. The molecule has 0 amide bonds. The first-order valence-electron chi connectivity index (χ1n) is 11.5. The van der Waals surface area contributed by atoms with Crippen molar-refractivity contribution in [3.8, 4) is 9.75 Å². The fraction of sp³-hybridized carbons (Fsp3) is 0.0667. The van der Waals surface area contributed by atoms with E-state index in [1.807, 2.05) is 38.1 Å². The van der Waals surface area contributed by atoms with Gasteiger partial charge in [-0.15, -0.1) is 22.7 Å². The minimum Gasteiger partial charge on any atom is -0.288 e. The fourth-order valence-corrected chi connectivity index (χ4v) is 6.21. The summed E-state index contributed by atoms with van der Waals surface area (Å²) in [6.45, 7) is 4.00. The fourth-order valence-electron chi connectivity index (χ4n) is 4.22. The third-order valence-corrected chi connectivity index (χ3v) is 8.14. The number of hydrogen-bond acceptors (Lipinski definition) is 6. The van der Waals surface area contributed by atoms with E-state index in [-0.39, 0.29) is 34.3 Å². The number of rotatable bonds is 3. The van der Waals surface area contributed by atoms with Crippen LogP contribution in [0, 0.1) is 0 Å². The highest BCUT2D eigenvalue weighted by Crippen LogP contribution is 2.37. The molecule has 0 bridgehead atoms. The lowest BCUT2D eigenvalue weighted by Crippen LogP contribution is -1.99. The van der Waals surface area contributed by atoms with Crippen molar-refractivity contribution in [1.82, 2.24) is 0 Å². The normalized spacial score (nSPS) is 13.9. The molecule has 0 N–H and O–H groups in total. The van der Waals surface area contributed by atoms with E-state index in [0.29, 0.717) is 22.3 Å². The molecule has 2 heterocycles. The molecule has 2 aliphatic rings. The van der Waals surface area contributed by atoms with Crippen LogP contribution >= 0.6 is 22.7 Å². The first kappa shape index (κ1) is 23.7. The minimum atomic E-state index is -0.243. The molecule has 176 valence electrons. The molecule has 4 aromatic rings. The highest BCUT2D eigenvalue weighted by atomic mass is 32.1. The zero-order valence-electron chi connectivity index (χ0n) is 19.5. The van der Waals surface area contributed by atoms with Gasteiger partial charge in [-0.3, -0.25) is 19.2 Å². The van der Waals surface area contributed by atoms with E-state index in [0.717, 1.165) is 19.5 Å². The molecule has 6 heteroatoms. The number of Topliss-reactive ketones (excluding diaryl/α,β-unsaturated/α-hetero) is 4. The Kier molecular flexibility index (Phi) is 6.31. The van der Waals surface area contributed by atoms with E-state index in [4.69, 9.17) is 0 Å². The summed E-state index contributed by atoms with van der Waals surface area (Å²) in [6, 6.07) is 21.4. The average Bonchev–Trinajstić information content (AvgIpc) is 3.68. The predicted octanol–water partition coefficient (Wildman–Crippen LogP) is 7.43. The first-order valence-corrected chi connectivity index (χ1v) is 13.1. The van der Waals surface area contributed by atoms with Crippen molar-refractivity contribution in [2.75, 3.05) is 0 Å². The average molecular weight is 509 g/mol. The van der Waals surface area contributed by atoms with E-state index in [2.05, 4.69) is 0 Å². The quantitative estimate of drug-likeness (QED) is 0.213. The number of fused-ring (bicyclic) bond motifs is 2. The topological polar surface area (TPSA) is 68.3 Å². The van der Waals surface area contributed by atoms with Gasteiger partial charge in [-0.05, 0) is 36.4 Å². The molecule has 2 aromatic heterocycles. The van der Waals surface area contributed by atoms with Crippen LogP contribution in [0.3, 0.4) is 0 Å². The molecule has 2 aliphatic carbocycles. The second kappa shape index (κ2) is 9.57. The molecule has 0 aliphatic heterocycles. The number of benzene rings is 2. The summed E-state index contributed by atoms with van der Waals surface area (Å²) in [7, 11) is 0. The van der Waals surface area contributed by atoms with Crippen LogP contribution in [0.5, 0.6) is 0 Å². The van der Waals surface area contributed by atoms with E-state index in [1.165, 1.54) is 22.7 Å². The largest absolute Gasteiger partial charge is 0.288 e. The second-order valence-corrected chi connectivity index (χ2v) is 10.2. The number of allylic oxidation sites excluding steroid dienone is 2. The third-order valence-electron chi connectivity index (χ3n) is 5.88. The molecular weight excluding hydrogens is 488 g/mol. The lowest BCUT2D eigenvalue weighted by molar-refractivity contribution is 0.0975. The van der Waals surface area contributed by atoms with Crippen molar-refractivity contribution in [3.63, 3.8) is 0 Å². The van der Waals surface area contributed by atoms with Gasteiger partial charge in [0.2, 0.25) is 0 Å². The van der Waals surface area contributed by atoms with Crippen LogP contribution in [0.4, 0.5) is 0 Å². The summed E-state index contributed by atoms with van der Waals surface area (Å²) in [5, 5.41) is 0. The SMILES string of the molecule is CC.O=C1C(=Cc2ccc(-c3ccc(C=C4C(=O)c5ccccc5C4=O)s3)s2)C(=O)c2ccccc21. The smallest absolute Gasteiger partial charge is 0.197 e. The summed E-state index contributed by atoms with van der Waals surface area (Å²) in [4.78, 5) is 54.2. The third kappa shape index (κ3) is 3.94. The molecular formula is C30H20O4S2. The summed E-state index contributed by atoms with van der Waals surface area (Å²) >= 11 is 2.96. The molecule has 0 saturated carbocycles. The van der Waals surface area contributed by atoms with E-state index in [9.17, 15) is 19.2 Å². The van der Waals surface area contributed by atoms with Crippen LogP contribution in [0.25, 0.3) is 21.9 Å². The van der Waals surface area contributed by atoms with Crippen LogP contribution in [-0.4, -0.2) is 23.1 Å². The molecule has 0 fully saturated rings. The number of carbonyl (C=O) groups excluding carboxylic acids is 4. The number of thiophene rings is 2. The Balaban J connectivity index is 0.00000130. The van der Waals surface area contributed by atoms with E-state index in [1.54, 1.807) is 60.7 Å². The molecule has 2 aromatic carbocycles. The maximum Gasteiger partial charge on any atom is 0.197 e. The highest BCUT2D eigenvalue weighted by Gasteiger charge is 2.33. The lowest BCUT2D eigenvalue weighted by atomic mass is 10.1. The second-order valence-electron chi connectivity index (χ2n) is 7.93. The zero-order valence-corrected chi connectivity index (χ0v) is 21.2. The Labute approximate surface area is 216 Å². The van der Waals surface area contributed by atoms with E-state index < -0.39 is 0 Å². The molecule has 0 radical (unpaired) electrons. The first-order chi connectivity index (χ1) is 17.5. The minimum absolute atomic E-state index is 0.184. The van der Waals surface area contributed by atoms with Gasteiger partial charge < -0.3 is 0 Å². The Morgan fingerprint density at radius 1 is 0.472 bits per heavy atom. The Morgan fingerprint density at radius 3 is 1.08 bits per heavy atom. The van der Waals surface area contributed by atoms with E-state index >= 15 is 0 Å². The van der Waals surface area contributed by atoms with Gasteiger partial charge in [-0.2, -0.15) is 0 Å². The van der Waals surface area contributed by atoms with Gasteiger partial charge in [-0.25, -0.2) is 0 Å². The lowest BCUT2D eigenvalue weighted by Gasteiger charge is -1.93. The molecule has 0 spiro atoms. The summed E-state index contributed by atoms with van der Waals surface area (Å²) in [5.74, 6) is -0.972. The van der Waals surface area contributed by atoms with Gasteiger partial charge >= 0.3 is 0 Å². The number of hydrogen-bond donors (Lipinski definition) is 0. The van der Waals surface area contributed by atoms with Gasteiger partial charge in [0.25, 0.3) is 0 Å². The van der Waals surface area contributed by atoms with Crippen molar-refractivity contribution in [1.29, 1.82) is 0 Å². The molecule has 6 rings (SSSR count). The standard InChI is InChI=1S/C28H14O4S2.C2H6/c29-25-17-5-1-2-6-18(17)26(30)21(25)13-15-9-11-23(33-15)24-12-10-16(34-24)14-22-27(31)19-7-3-4-8-20(19)28(22)32;1-2/h1-14H;1-2H3. The van der Waals surface area contributed by atoms with Crippen LogP contribution in [-0.2, 0) is 0 Å². The van der Waals surface area contributed by atoms with Crippen molar-refractivity contribution >= 4 is 58.0 Å². The van der Waals surface area contributed by atoms with Gasteiger partial charge in [0.1, 0.15) is 0 Å². The highest BCUT2D eigenvalue weighted by molar-refractivity contribution is 7.23. The molecule has 0 unspecified atom stereocenters. The van der Waals surface area contributed by atoms with Crippen LogP contribution in [0.2, 0.25) is 0 Å². The van der Waals surface area contributed by atoms with Crippen LogP contribution in [0.15, 0.2) is 83.9 Å². The summed E-state index contributed by atoms with van der Waals surface area (Å²) in [5.41, 5.74) is 2.16. The summed E-state index contributed by atoms with van der Waals surface area (Å²) < 4.78 is 0. The predicted molar refractivity (Wildman–Crippen MR) is 145 cm³/mol. The summed E-state index contributed by atoms with van der Waals surface area (Å²) in [6.07, 6.45) is 3.31. The molecule has 0 atom stereocenters. The van der Waals surface area contributed by atoms with Crippen molar-refractivity contribution in [2.45, 2.75) is 13.8 Å². The van der Waals surface area contributed by atoms with Gasteiger partial charge in [0.05, 0.1) is 11.1 Å². The van der Waals surface area contributed by atoms with Gasteiger partial charge in [0.15, 0.2) is 23.1 Å². The Morgan fingerprint density at radius 2 is 0.778 bits per heavy atom. The van der Waals surface area contributed by atoms with Crippen molar-refractivity contribution in [2.24, 2.45) is 0 Å². The number of ketones is 4. The van der Waals surface area contributed by atoms with Crippen LogP contribution in [0.1, 0.15) is 65.0 Å². The van der Waals surface area contributed by atoms with Gasteiger partial charge in [0, 0.05) is 41.8 Å². The van der Waals surface area contributed by atoms with Gasteiger partial charge in [-0.1, -0.05) is 62.4 Å². The molecule has 0 saturated heterocycles. The molecule has 4 nitrogen and oxygen atoms in total. The number of carbonyl (C=O) groups is 4. The van der Waals surface area contributed by atoms with Crippen molar-refractivity contribution in [3.05, 3.63) is 116 Å². The molecule has 36 heavy (non-hydrogen) atoms. The van der Waals surface area contributed by atoms with Crippen LogP contribution < -0.4 is 0 Å². The van der Waals surface area contributed by atoms with Crippen molar-refractivity contribution < 1.29 is 19.2 Å². The Hall–Kier alpha value is -4.00. The monoisotopic (exact) mass is 508 g/mol.